The summed E-state index contributed by atoms with van der Waals surface area (Å²) in [5.74, 6) is -0.347. The van der Waals surface area contributed by atoms with Gasteiger partial charge in [0.2, 0.25) is 5.91 Å². The second-order valence-electron chi connectivity index (χ2n) is 6.26. The molecule has 0 fully saturated rings. The summed E-state index contributed by atoms with van der Waals surface area (Å²) in [5.41, 5.74) is -0.0352. The van der Waals surface area contributed by atoms with E-state index < -0.39 is 17.3 Å². The van der Waals surface area contributed by atoms with Crippen molar-refractivity contribution in [1.29, 1.82) is 0 Å². The van der Waals surface area contributed by atoms with Crippen molar-refractivity contribution in [1.82, 2.24) is 4.57 Å². The quantitative estimate of drug-likeness (QED) is 0.718. The standard InChI is InChI=1S/C21H17F3N2O2/c22-21(23,24)17-9-4-8-16(12-17)14-26-11-5-10-18(20(26)28)25-19(27)13-15-6-2-1-3-7-15/h1-12H,13-14H2,(H,25,27). The Hall–Kier alpha value is -3.35. The third kappa shape index (κ3) is 4.88. The van der Waals surface area contributed by atoms with Crippen LogP contribution in [0.25, 0.3) is 0 Å². The first-order chi connectivity index (χ1) is 13.3. The molecule has 0 aliphatic carbocycles. The number of pyridine rings is 1. The molecule has 7 heteroatoms. The van der Waals surface area contributed by atoms with Gasteiger partial charge < -0.3 is 9.88 Å². The van der Waals surface area contributed by atoms with Gasteiger partial charge in [-0.25, -0.2) is 0 Å². The minimum atomic E-state index is -4.45. The Morgan fingerprint density at radius 1 is 0.929 bits per heavy atom. The zero-order valence-corrected chi connectivity index (χ0v) is 14.7. The van der Waals surface area contributed by atoms with Crippen molar-refractivity contribution in [2.24, 2.45) is 0 Å². The van der Waals surface area contributed by atoms with Gasteiger partial charge in [-0.2, -0.15) is 13.2 Å². The van der Waals surface area contributed by atoms with Crippen molar-refractivity contribution in [2.75, 3.05) is 5.32 Å². The number of rotatable bonds is 5. The van der Waals surface area contributed by atoms with Crippen LogP contribution in [0.4, 0.5) is 18.9 Å². The molecule has 0 atom stereocenters. The summed E-state index contributed by atoms with van der Waals surface area (Å²) < 4.78 is 39.8. The summed E-state index contributed by atoms with van der Waals surface area (Å²) in [6.45, 7) is -0.0366. The number of halogens is 3. The third-order valence-corrected chi connectivity index (χ3v) is 4.11. The van der Waals surface area contributed by atoms with Gasteiger partial charge in [-0.15, -0.1) is 0 Å². The maximum Gasteiger partial charge on any atom is 0.416 e. The Morgan fingerprint density at radius 2 is 1.64 bits per heavy atom. The molecule has 0 radical (unpaired) electrons. The average molecular weight is 386 g/mol. The lowest BCUT2D eigenvalue weighted by atomic mass is 10.1. The van der Waals surface area contributed by atoms with E-state index in [-0.39, 0.29) is 24.6 Å². The van der Waals surface area contributed by atoms with Gasteiger partial charge in [0.15, 0.2) is 0 Å². The molecular formula is C21H17F3N2O2. The lowest BCUT2D eigenvalue weighted by Crippen LogP contribution is -2.26. The van der Waals surface area contributed by atoms with Crippen molar-refractivity contribution in [3.8, 4) is 0 Å². The maximum absolute atomic E-state index is 12.9. The monoisotopic (exact) mass is 386 g/mol. The summed E-state index contributed by atoms with van der Waals surface area (Å²) in [4.78, 5) is 24.7. The minimum Gasteiger partial charge on any atom is -0.321 e. The van der Waals surface area contributed by atoms with E-state index in [2.05, 4.69) is 5.32 Å². The molecule has 2 aromatic carbocycles. The van der Waals surface area contributed by atoms with Crippen LogP contribution in [0.15, 0.2) is 77.7 Å². The lowest BCUT2D eigenvalue weighted by Gasteiger charge is -2.11. The van der Waals surface area contributed by atoms with Crippen molar-refractivity contribution in [3.05, 3.63) is 100.0 Å². The Bertz CT molecular complexity index is 1030. The largest absolute Gasteiger partial charge is 0.416 e. The molecule has 1 aromatic heterocycles. The molecule has 1 amide bonds. The molecule has 0 spiro atoms. The van der Waals surface area contributed by atoms with Crippen LogP contribution in [-0.2, 0) is 23.9 Å². The van der Waals surface area contributed by atoms with Gasteiger partial charge in [0.1, 0.15) is 5.69 Å². The highest BCUT2D eigenvalue weighted by Gasteiger charge is 2.30. The number of nitrogens with one attached hydrogen (secondary N) is 1. The maximum atomic E-state index is 12.9. The third-order valence-electron chi connectivity index (χ3n) is 4.11. The Kier molecular flexibility index (Phi) is 5.63. The van der Waals surface area contributed by atoms with E-state index >= 15 is 0 Å². The van der Waals surface area contributed by atoms with Gasteiger partial charge in [-0.05, 0) is 35.4 Å². The van der Waals surface area contributed by atoms with Gasteiger partial charge in [0, 0.05) is 6.20 Å². The molecule has 28 heavy (non-hydrogen) atoms. The molecule has 4 nitrogen and oxygen atoms in total. The Balaban J connectivity index is 1.76. The van der Waals surface area contributed by atoms with E-state index in [1.165, 1.54) is 29.0 Å². The second kappa shape index (κ2) is 8.12. The first-order valence-corrected chi connectivity index (χ1v) is 8.52. The Labute approximate surface area is 159 Å². The first-order valence-electron chi connectivity index (χ1n) is 8.52. The number of aromatic nitrogens is 1. The van der Waals surface area contributed by atoms with Gasteiger partial charge in [0.25, 0.3) is 5.56 Å². The van der Waals surface area contributed by atoms with Crippen LogP contribution >= 0.6 is 0 Å². The fraction of sp³-hybridized carbons (Fsp3) is 0.143. The number of carbonyl (C=O) groups is 1. The van der Waals surface area contributed by atoms with Crippen LogP contribution in [-0.4, -0.2) is 10.5 Å². The first kappa shape index (κ1) is 19.4. The molecular weight excluding hydrogens is 369 g/mol. The molecule has 0 saturated carbocycles. The number of alkyl halides is 3. The summed E-state index contributed by atoms with van der Waals surface area (Å²) in [5, 5.41) is 2.57. The van der Waals surface area contributed by atoms with Crippen LogP contribution in [0.3, 0.4) is 0 Å². The topological polar surface area (TPSA) is 51.1 Å². The Morgan fingerprint density at radius 3 is 2.36 bits per heavy atom. The van der Waals surface area contributed by atoms with E-state index in [9.17, 15) is 22.8 Å². The number of anilines is 1. The molecule has 3 aromatic rings. The molecule has 3 rings (SSSR count). The number of hydrogen-bond acceptors (Lipinski definition) is 2. The van der Waals surface area contributed by atoms with Gasteiger partial charge in [0.05, 0.1) is 18.5 Å². The minimum absolute atomic E-state index is 0.0366. The highest BCUT2D eigenvalue weighted by molar-refractivity contribution is 5.92. The van der Waals surface area contributed by atoms with Crippen LogP contribution in [0.2, 0.25) is 0 Å². The molecule has 0 bridgehead atoms. The zero-order valence-electron chi connectivity index (χ0n) is 14.7. The average Bonchev–Trinajstić information content (AvgIpc) is 2.65. The molecule has 1 heterocycles. The summed E-state index contributed by atoms with van der Waals surface area (Å²) in [6.07, 6.45) is -2.87. The van der Waals surface area contributed by atoms with Gasteiger partial charge >= 0.3 is 6.18 Å². The summed E-state index contributed by atoms with van der Waals surface area (Å²) in [6, 6.07) is 16.9. The number of amides is 1. The number of hydrogen-bond donors (Lipinski definition) is 1. The number of nitrogens with zero attached hydrogens (tertiary/aromatic N) is 1. The van der Waals surface area contributed by atoms with E-state index in [1.807, 2.05) is 18.2 Å². The molecule has 0 unspecified atom stereocenters. The number of benzene rings is 2. The highest BCUT2D eigenvalue weighted by atomic mass is 19.4. The fourth-order valence-corrected chi connectivity index (χ4v) is 2.77. The molecule has 0 aliphatic heterocycles. The zero-order chi connectivity index (χ0) is 20.1. The van der Waals surface area contributed by atoms with Crippen molar-refractivity contribution in [2.45, 2.75) is 19.1 Å². The van der Waals surface area contributed by atoms with Crippen molar-refractivity contribution >= 4 is 11.6 Å². The predicted octanol–water partition coefficient (Wildman–Crippen LogP) is 4.10. The van der Waals surface area contributed by atoms with Crippen molar-refractivity contribution in [3.63, 3.8) is 0 Å². The second-order valence-corrected chi connectivity index (χ2v) is 6.26. The normalized spacial score (nSPS) is 11.2. The lowest BCUT2D eigenvalue weighted by molar-refractivity contribution is -0.137. The molecule has 1 N–H and O–H groups in total. The molecule has 0 aliphatic rings. The summed E-state index contributed by atoms with van der Waals surface area (Å²) >= 11 is 0. The number of carbonyl (C=O) groups excluding carboxylic acids is 1. The summed E-state index contributed by atoms with van der Waals surface area (Å²) in [7, 11) is 0. The van der Waals surface area contributed by atoms with Crippen LogP contribution in [0, 0.1) is 0 Å². The highest BCUT2D eigenvalue weighted by Crippen LogP contribution is 2.29. The van der Waals surface area contributed by atoms with Crippen molar-refractivity contribution < 1.29 is 18.0 Å². The smallest absolute Gasteiger partial charge is 0.321 e. The van der Waals surface area contributed by atoms with E-state index in [0.29, 0.717) is 5.56 Å². The predicted molar refractivity (Wildman–Crippen MR) is 100 cm³/mol. The molecule has 0 saturated heterocycles. The van der Waals surface area contributed by atoms with E-state index in [1.54, 1.807) is 18.2 Å². The van der Waals surface area contributed by atoms with E-state index in [0.717, 1.165) is 17.7 Å². The van der Waals surface area contributed by atoms with Crippen LogP contribution < -0.4 is 10.9 Å². The fourth-order valence-electron chi connectivity index (χ4n) is 2.77. The van der Waals surface area contributed by atoms with Crippen LogP contribution in [0.5, 0.6) is 0 Å². The SMILES string of the molecule is O=C(Cc1ccccc1)Nc1cccn(Cc2cccc(C(F)(F)F)c2)c1=O. The van der Waals surface area contributed by atoms with E-state index in [4.69, 9.17) is 0 Å². The van der Waals surface area contributed by atoms with Gasteiger partial charge in [-0.3, -0.25) is 9.59 Å². The molecule has 144 valence electrons. The van der Waals surface area contributed by atoms with Crippen LogP contribution in [0.1, 0.15) is 16.7 Å². The van der Waals surface area contributed by atoms with Gasteiger partial charge in [-0.1, -0.05) is 42.5 Å².